The number of carbonyl (C=O) groups is 2. The number of hydrogen-bond donors (Lipinski definition) is 2. The second-order valence-corrected chi connectivity index (χ2v) is 6.29. The lowest BCUT2D eigenvalue weighted by molar-refractivity contribution is -0.113. The van der Waals surface area contributed by atoms with Crippen molar-refractivity contribution in [3.63, 3.8) is 0 Å². The molecule has 0 saturated heterocycles. The van der Waals surface area contributed by atoms with Crippen molar-refractivity contribution in [3.05, 3.63) is 94.5 Å². The minimum absolute atomic E-state index is 0.0514. The van der Waals surface area contributed by atoms with Crippen molar-refractivity contribution in [3.8, 4) is 0 Å². The van der Waals surface area contributed by atoms with E-state index in [2.05, 4.69) is 10.6 Å². The Kier molecular flexibility index (Phi) is 5.74. The molecule has 2 aromatic carbocycles. The van der Waals surface area contributed by atoms with Crippen molar-refractivity contribution >= 4 is 35.2 Å². The van der Waals surface area contributed by atoms with E-state index < -0.39 is 11.8 Å². The number of carbonyl (C=O) groups excluding carboxylic acids is 2. The molecule has 136 valence electrons. The van der Waals surface area contributed by atoms with Crippen LogP contribution in [-0.2, 0) is 4.79 Å². The second kappa shape index (κ2) is 8.38. The van der Waals surface area contributed by atoms with E-state index in [1.54, 1.807) is 42.5 Å². The third-order valence-corrected chi connectivity index (χ3v) is 3.95. The van der Waals surface area contributed by atoms with Crippen molar-refractivity contribution in [2.24, 2.45) is 0 Å². The monoisotopic (exact) mass is 380 g/mol. The lowest BCUT2D eigenvalue weighted by Crippen LogP contribution is -2.30. The molecule has 1 heterocycles. The number of benzene rings is 2. The Labute approximate surface area is 161 Å². The number of aryl methyl sites for hydroxylation is 1. The first-order valence-electron chi connectivity index (χ1n) is 8.21. The highest BCUT2D eigenvalue weighted by Crippen LogP contribution is 2.14. The Bertz CT molecular complexity index is 977. The average Bonchev–Trinajstić information content (AvgIpc) is 3.16. The molecule has 6 heteroatoms. The van der Waals surface area contributed by atoms with Gasteiger partial charge in [0.1, 0.15) is 11.5 Å². The fourth-order valence-electron chi connectivity index (χ4n) is 2.33. The summed E-state index contributed by atoms with van der Waals surface area (Å²) in [6.45, 7) is 1.96. The predicted molar refractivity (Wildman–Crippen MR) is 105 cm³/mol. The first-order valence-corrected chi connectivity index (χ1v) is 8.59. The van der Waals surface area contributed by atoms with E-state index in [-0.39, 0.29) is 5.70 Å². The maximum absolute atomic E-state index is 12.7. The van der Waals surface area contributed by atoms with Gasteiger partial charge in [-0.05, 0) is 49.4 Å². The molecule has 0 spiro atoms. The van der Waals surface area contributed by atoms with Crippen molar-refractivity contribution in [2.75, 3.05) is 5.32 Å². The number of rotatable bonds is 5. The molecule has 5 nitrogen and oxygen atoms in total. The van der Waals surface area contributed by atoms with E-state index in [1.165, 1.54) is 18.4 Å². The molecule has 0 aliphatic rings. The Morgan fingerprint density at radius 2 is 1.81 bits per heavy atom. The average molecular weight is 381 g/mol. The molecule has 0 radical (unpaired) electrons. The van der Waals surface area contributed by atoms with E-state index in [0.29, 0.717) is 22.0 Å². The largest absolute Gasteiger partial charge is 0.465 e. The van der Waals surface area contributed by atoms with Crippen LogP contribution in [0.1, 0.15) is 21.7 Å². The maximum atomic E-state index is 12.7. The number of furan rings is 1. The highest BCUT2D eigenvalue weighted by Gasteiger charge is 2.16. The van der Waals surface area contributed by atoms with Gasteiger partial charge >= 0.3 is 0 Å². The molecule has 1 aromatic heterocycles. The topological polar surface area (TPSA) is 71.3 Å². The zero-order valence-electron chi connectivity index (χ0n) is 14.5. The number of anilines is 1. The van der Waals surface area contributed by atoms with Crippen molar-refractivity contribution in [2.45, 2.75) is 6.92 Å². The van der Waals surface area contributed by atoms with Gasteiger partial charge in [-0.2, -0.15) is 0 Å². The van der Waals surface area contributed by atoms with Crippen LogP contribution in [0.4, 0.5) is 5.69 Å². The summed E-state index contributed by atoms with van der Waals surface area (Å²) in [6, 6.07) is 17.2. The van der Waals surface area contributed by atoms with E-state index in [1.807, 2.05) is 19.1 Å². The van der Waals surface area contributed by atoms with Gasteiger partial charge in [0.25, 0.3) is 11.8 Å². The highest BCUT2D eigenvalue weighted by atomic mass is 35.5. The van der Waals surface area contributed by atoms with Gasteiger partial charge < -0.3 is 15.1 Å². The van der Waals surface area contributed by atoms with E-state index in [9.17, 15) is 9.59 Å². The van der Waals surface area contributed by atoms with Crippen molar-refractivity contribution in [1.82, 2.24) is 5.32 Å². The third-order valence-electron chi connectivity index (χ3n) is 3.72. The molecule has 3 aromatic rings. The summed E-state index contributed by atoms with van der Waals surface area (Å²) in [5.74, 6) is -0.476. The Morgan fingerprint density at radius 3 is 2.48 bits per heavy atom. The summed E-state index contributed by atoms with van der Waals surface area (Å²) in [6.07, 6.45) is 2.95. The Hall–Kier alpha value is -3.31. The molecular weight excluding hydrogens is 364 g/mol. The fourth-order valence-corrected chi connectivity index (χ4v) is 2.52. The number of halogens is 1. The summed E-state index contributed by atoms with van der Waals surface area (Å²) in [4.78, 5) is 25.2. The third kappa shape index (κ3) is 5.09. The maximum Gasteiger partial charge on any atom is 0.272 e. The normalized spacial score (nSPS) is 11.1. The SMILES string of the molecule is Cc1ccc(NC(=O)C(=Cc2ccco2)NC(=O)c2cccc(Cl)c2)cc1. The second-order valence-electron chi connectivity index (χ2n) is 5.86. The molecule has 0 atom stereocenters. The summed E-state index contributed by atoms with van der Waals surface area (Å²) < 4.78 is 5.26. The number of nitrogens with one attached hydrogen (secondary N) is 2. The van der Waals surface area contributed by atoms with Gasteiger partial charge in [-0.1, -0.05) is 35.4 Å². The van der Waals surface area contributed by atoms with Crippen LogP contribution in [-0.4, -0.2) is 11.8 Å². The first-order chi connectivity index (χ1) is 13.0. The standard InChI is InChI=1S/C21H17ClN2O3/c1-14-7-9-17(10-8-14)23-21(26)19(13-18-6-3-11-27-18)24-20(25)15-4-2-5-16(22)12-15/h2-13H,1H3,(H,23,26)(H,24,25). The zero-order chi connectivity index (χ0) is 19.2. The lowest BCUT2D eigenvalue weighted by atomic mass is 10.2. The Balaban J connectivity index is 1.83. The van der Waals surface area contributed by atoms with Crippen LogP contribution in [0.25, 0.3) is 6.08 Å². The molecule has 0 saturated carbocycles. The van der Waals surface area contributed by atoms with Crippen LogP contribution in [0.2, 0.25) is 5.02 Å². The smallest absolute Gasteiger partial charge is 0.272 e. The molecule has 3 rings (SSSR count). The van der Waals surface area contributed by atoms with E-state index >= 15 is 0 Å². The molecule has 2 amide bonds. The molecule has 0 bridgehead atoms. The van der Waals surface area contributed by atoms with Crippen LogP contribution < -0.4 is 10.6 Å². The van der Waals surface area contributed by atoms with Gasteiger partial charge in [0.2, 0.25) is 0 Å². The minimum Gasteiger partial charge on any atom is -0.465 e. The summed E-state index contributed by atoms with van der Waals surface area (Å²) in [5.41, 5.74) is 2.09. The zero-order valence-corrected chi connectivity index (χ0v) is 15.3. The minimum atomic E-state index is -0.467. The summed E-state index contributed by atoms with van der Waals surface area (Å²) in [5, 5.41) is 5.82. The van der Waals surface area contributed by atoms with Gasteiger partial charge in [-0.3, -0.25) is 9.59 Å². The van der Waals surface area contributed by atoms with E-state index in [4.69, 9.17) is 16.0 Å². The van der Waals surface area contributed by atoms with Gasteiger partial charge in [-0.25, -0.2) is 0 Å². The van der Waals surface area contributed by atoms with Gasteiger partial charge in [0, 0.05) is 22.3 Å². The van der Waals surface area contributed by atoms with E-state index in [0.717, 1.165) is 5.56 Å². The quantitative estimate of drug-likeness (QED) is 0.633. The van der Waals surface area contributed by atoms with Crippen molar-refractivity contribution < 1.29 is 14.0 Å². The fraction of sp³-hybridized carbons (Fsp3) is 0.0476. The molecule has 0 aliphatic carbocycles. The molecule has 27 heavy (non-hydrogen) atoms. The van der Waals surface area contributed by atoms with Crippen LogP contribution in [0.5, 0.6) is 0 Å². The van der Waals surface area contributed by atoms with Gasteiger partial charge in [-0.15, -0.1) is 0 Å². The Morgan fingerprint density at radius 1 is 1.04 bits per heavy atom. The summed E-state index contributed by atoms with van der Waals surface area (Å²) in [7, 11) is 0. The summed E-state index contributed by atoms with van der Waals surface area (Å²) >= 11 is 5.93. The highest BCUT2D eigenvalue weighted by molar-refractivity contribution is 6.31. The number of hydrogen-bond acceptors (Lipinski definition) is 3. The van der Waals surface area contributed by atoms with Gasteiger partial charge in [0.15, 0.2) is 0 Å². The van der Waals surface area contributed by atoms with Crippen LogP contribution in [0.15, 0.2) is 77.0 Å². The molecular formula is C21H17ClN2O3. The number of amides is 2. The van der Waals surface area contributed by atoms with Crippen LogP contribution in [0, 0.1) is 6.92 Å². The van der Waals surface area contributed by atoms with Gasteiger partial charge in [0.05, 0.1) is 6.26 Å². The van der Waals surface area contributed by atoms with Crippen molar-refractivity contribution in [1.29, 1.82) is 0 Å². The van der Waals surface area contributed by atoms with Crippen LogP contribution >= 0.6 is 11.6 Å². The molecule has 0 aliphatic heterocycles. The van der Waals surface area contributed by atoms with Crippen LogP contribution in [0.3, 0.4) is 0 Å². The first kappa shape index (κ1) is 18.5. The molecule has 2 N–H and O–H groups in total. The molecule has 0 unspecified atom stereocenters. The lowest BCUT2D eigenvalue weighted by Gasteiger charge is -2.11. The molecule has 0 fully saturated rings. The predicted octanol–water partition coefficient (Wildman–Crippen LogP) is 4.65.